The highest BCUT2D eigenvalue weighted by Gasteiger charge is 2.24. The number of fused-ring (bicyclic) bond motifs is 1. The van der Waals surface area contributed by atoms with Crippen LogP contribution in [0.4, 0.5) is 5.82 Å². The van der Waals surface area contributed by atoms with E-state index < -0.39 is 0 Å². The Hall–Kier alpha value is -2.91. The number of hydrogen-bond acceptors (Lipinski definition) is 5. The van der Waals surface area contributed by atoms with E-state index in [-0.39, 0.29) is 11.9 Å². The van der Waals surface area contributed by atoms with Gasteiger partial charge in [-0.05, 0) is 36.6 Å². The van der Waals surface area contributed by atoms with Crippen molar-refractivity contribution in [3.05, 3.63) is 59.3 Å². The van der Waals surface area contributed by atoms with E-state index in [2.05, 4.69) is 44.8 Å². The fourth-order valence-corrected chi connectivity index (χ4v) is 3.16. The summed E-state index contributed by atoms with van der Waals surface area (Å²) in [6, 6.07) is 13.8. The number of aromatic nitrogens is 1. The molecule has 0 saturated carbocycles. The number of hydrogen-bond donors (Lipinski definition) is 2. The normalized spacial score (nSPS) is 14.8. The van der Waals surface area contributed by atoms with Gasteiger partial charge in [0.1, 0.15) is 11.9 Å². The minimum Gasteiger partial charge on any atom is -0.367 e. The zero-order valence-electron chi connectivity index (χ0n) is 14.9. The number of anilines is 1. The third kappa shape index (κ3) is 4.19. The lowest BCUT2D eigenvalue weighted by molar-refractivity contribution is -0.126. The minimum atomic E-state index is -0.173. The molecule has 2 aromatic rings. The summed E-state index contributed by atoms with van der Waals surface area (Å²) in [5, 5.41) is 15.1. The van der Waals surface area contributed by atoms with Gasteiger partial charge in [0.05, 0.1) is 11.6 Å². The van der Waals surface area contributed by atoms with Gasteiger partial charge in [0.25, 0.3) is 0 Å². The lowest BCUT2D eigenvalue weighted by Crippen LogP contribution is -2.47. The van der Waals surface area contributed by atoms with Crippen molar-refractivity contribution in [1.29, 1.82) is 5.26 Å². The molecule has 1 amide bonds. The number of benzene rings is 1. The molecule has 0 radical (unpaired) electrons. The van der Waals surface area contributed by atoms with Crippen molar-refractivity contribution in [2.24, 2.45) is 0 Å². The van der Waals surface area contributed by atoms with Crippen LogP contribution in [0.2, 0.25) is 0 Å². The summed E-state index contributed by atoms with van der Waals surface area (Å²) in [7, 11) is 0. The Morgan fingerprint density at radius 2 is 2.08 bits per heavy atom. The number of nitrogens with one attached hydrogen (secondary N) is 2. The number of nitriles is 1. The molecule has 1 aromatic carbocycles. The van der Waals surface area contributed by atoms with Gasteiger partial charge in [-0.25, -0.2) is 4.98 Å². The van der Waals surface area contributed by atoms with Gasteiger partial charge in [0.15, 0.2) is 0 Å². The van der Waals surface area contributed by atoms with E-state index in [9.17, 15) is 4.79 Å². The van der Waals surface area contributed by atoms with Crippen LogP contribution in [0.1, 0.15) is 23.6 Å². The molecule has 1 aromatic heterocycles. The summed E-state index contributed by atoms with van der Waals surface area (Å²) in [6.45, 7) is 4.65. The van der Waals surface area contributed by atoms with Crippen molar-refractivity contribution in [2.45, 2.75) is 25.9 Å². The average molecular weight is 349 g/mol. The molecule has 0 bridgehead atoms. The molecular weight excluding hydrogens is 326 g/mol. The number of carbonyl (C=O) groups is 1. The Bertz CT molecular complexity index is 814. The zero-order chi connectivity index (χ0) is 18.4. The molecule has 0 unspecified atom stereocenters. The molecule has 1 aliphatic rings. The van der Waals surface area contributed by atoms with Gasteiger partial charge >= 0.3 is 0 Å². The smallest absolute Gasteiger partial charge is 0.237 e. The number of rotatable bonds is 6. The monoisotopic (exact) mass is 349 g/mol. The molecule has 26 heavy (non-hydrogen) atoms. The van der Waals surface area contributed by atoms with E-state index in [0.717, 1.165) is 19.5 Å². The maximum absolute atomic E-state index is 12.4. The van der Waals surface area contributed by atoms with Crippen LogP contribution >= 0.6 is 0 Å². The molecule has 2 N–H and O–H groups in total. The van der Waals surface area contributed by atoms with Crippen LogP contribution in [0, 0.1) is 11.3 Å². The van der Waals surface area contributed by atoms with Crippen LogP contribution in [0.3, 0.4) is 0 Å². The highest BCUT2D eigenvalue weighted by molar-refractivity contribution is 5.81. The third-order valence-electron chi connectivity index (χ3n) is 4.73. The molecule has 6 heteroatoms. The maximum Gasteiger partial charge on any atom is 0.237 e. The number of carbonyl (C=O) groups excluding carboxylic acids is 1. The minimum absolute atomic E-state index is 0.0210. The molecule has 1 atom stereocenters. The Labute approximate surface area is 153 Å². The topological polar surface area (TPSA) is 81.0 Å². The van der Waals surface area contributed by atoms with Gasteiger partial charge in [0.2, 0.25) is 5.91 Å². The molecule has 0 saturated heterocycles. The van der Waals surface area contributed by atoms with Gasteiger partial charge in [0, 0.05) is 32.4 Å². The van der Waals surface area contributed by atoms with Gasteiger partial charge in [-0.15, -0.1) is 0 Å². The van der Waals surface area contributed by atoms with Gasteiger partial charge in [-0.2, -0.15) is 5.26 Å². The lowest BCUT2D eigenvalue weighted by Gasteiger charge is -2.32. The summed E-state index contributed by atoms with van der Waals surface area (Å²) < 4.78 is 0. The number of amides is 1. The van der Waals surface area contributed by atoms with Crippen molar-refractivity contribution < 1.29 is 4.79 Å². The van der Waals surface area contributed by atoms with Crippen molar-refractivity contribution in [1.82, 2.24) is 15.2 Å². The van der Waals surface area contributed by atoms with Crippen LogP contribution in [-0.2, 0) is 17.8 Å². The largest absolute Gasteiger partial charge is 0.367 e. The highest BCUT2D eigenvalue weighted by Crippen LogP contribution is 2.20. The Kier molecular flexibility index (Phi) is 5.82. The van der Waals surface area contributed by atoms with E-state index in [1.165, 1.54) is 11.1 Å². The maximum atomic E-state index is 12.4. The molecule has 1 aliphatic heterocycles. The molecule has 0 fully saturated rings. The first-order valence-electron chi connectivity index (χ1n) is 8.86. The second-order valence-corrected chi connectivity index (χ2v) is 6.39. The standard InChI is InChI=1S/C20H23N5O/c1-15(25-12-8-16-5-2-3-6-18(16)14-25)20(26)24-11-10-23-19-17(13-21)7-4-9-22-19/h2-7,9,15H,8,10-12,14H2,1H3,(H,22,23)(H,24,26)/t15-/m0/s1. The molecule has 2 heterocycles. The van der Waals surface area contributed by atoms with Gasteiger partial charge in [-0.3, -0.25) is 9.69 Å². The quantitative estimate of drug-likeness (QED) is 0.779. The Morgan fingerprint density at radius 1 is 1.27 bits per heavy atom. The van der Waals surface area contributed by atoms with Crippen molar-refractivity contribution in [3.8, 4) is 6.07 Å². The zero-order valence-corrected chi connectivity index (χ0v) is 14.9. The van der Waals surface area contributed by atoms with Crippen LogP contribution < -0.4 is 10.6 Å². The predicted molar refractivity (Wildman–Crippen MR) is 100 cm³/mol. The van der Waals surface area contributed by atoms with Crippen LogP contribution in [-0.4, -0.2) is 41.5 Å². The molecular formula is C20H23N5O. The third-order valence-corrected chi connectivity index (χ3v) is 4.73. The van der Waals surface area contributed by atoms with Crippen molar-refractivity contribution in [3.63, 3.8) is 0 Å². The second-order valence-electron chi connectivity index (χ2n) is 6.39. The SMILES string of the molecule is C[C@@H](C(=O)NCCNc1ncccc1C#N)N1CCc2ccccc2C1. The van der Waals surface area contributed by atoms with E-state index in [1.54, 1.807) is 18.3 Å². The van der Waals surface area contributed by atoms with Crippen molar-refractivity contribution >= 4 is 11.7 Å². The van der Waals surface area contributed by atoms with Crippen LogP contribution in [0.15, 0.2) is 42.6 Å². The number of pyridine rings is 1. The second kappa shape index (κ2) is 8.45. The molecule has 0 spiro atoms. The van der Waals surface area contributed by atoms with Gasteiger partial charge in [-0.1, -0.05) is 24.3 Å². The van der Waals surface area contributed by atoms with Crippen molar-refractivity contribution in [2.75, 3.05) is 25.0 Å². The molecule has 0 aliphatic carbocycles. The highest BCUT2D eigenvalue weighted by atomic mass is 16.2. The van der Waals surface area contributed by atoms with E-state index in [1.807, 2.05) is 13.0 Å². The van der Waals surface area contributed by atoms with E-state index >= 15 is 0 Å². The summed E-state index contributed by atoms with van der Waals surface area (Å²) in [5.41, 5.74) is 3.18. The molecule has 3 rings (SSSR count). The Morgan fingerprint density at radius 3 is 2.88 bits per heavy atom. The first-order chi connectivity index (χ1) is 12.7. The van der Waals surface area contributed by atoms with Gasteiger partial charge < -0.3 is 10.6 Å². The van der Waals surface area contributed by atoms with E-state index in [4.69, 9.17) is 5.26 Å². The summed E-state index contributed by atoms with van der Waals surface area (Å²) in [6.07, 6.45) is 2.62. The number of nitrogens with zero attached hydrogens (tertiary/aromatic N) is 3. The summed E-state index contributed by atoms with van der Waals surface area (Å²) in [5.74, 6) is 0.567. The first-order valence-corrected chi connectivity index (χ1v) is 8.86. The average Bonchev–Trinajstić information content (AvgIpc) is 2.70. The lowest BCUT2D eigenvalue weighted by atomic mass is 9.99. The molecule has 134 valence electrons. The fourth-order valence-electron chi connectivity index (χ4n) is 3.16. The summed E-state index contributed by atoms with van der Waals surface area (Å²) >= 11 is 0. The molecule has 6 nitrogen and oxygen atoms in total. The van der Waals surface area contributed by atoms with E-state index in [0.29, 0.717) is 24.5 Å². The van der Waals surface area contributed by atoms with Crippen LogP contribution in [0.5, 0.6) is 0 Å². The summed E-state index contributed by atoms with van der Waals surface area (Å²) in [4.78, 5) is 18.8. The first kappa shape index (κ1) is 17.9. The fraction of sp³-hybridized carbons (Fsp3) is 0.350. The predicted octanol–water partition coefficient (Wildman–Crippen LogP) is 1.93. The van der Waals surface area contributed by atoms with Crippen LogP contribution in [0.25, 0.3) is 0 Å². The Balaban J connectivity index is 1.46.